The number of piperazine rings is 1. The fourth-order valence-corrected chi connectivity index (χ4v) is 7.31. The molecule has 58 heavy (non-hydrogen) atoms. The van der Waals surface area contributed by atoms with E-state index >= 15 is 0 Å². The summed E-state index contributed by atoms with van der Waals surface area (Å²) in [5, 5.41) is 2.84. The van der Waals surface area contributed by atoms with Crippen molar-refractivity contribution in [2.24, 2.45) is 11.8 Å². The molecule has 0 atom stereocenters. The number of benzene rings is 4. The van der Waals surface area contributed by atoms with Gasteiger partial charge in [0.25, 0.3) is 11.8 Å². The Balaban J connectivity index is 0.000000164. The molecule has 2 aliphatic carbocycles. The topological polar surface area (TPSA) is 89.6 Å². The summed E-state index contributed by atoms with van der Waals surface area (Å²) in [7, 11) is 2.06. The molecule has 9 rings (SSSR count). The van der Waals surface area contributed by atoms with Gasteiger partial charge in [0, 0.05) is 55.0 Å². The zero-order valence-electron chi connectivity index (χ0n) is 33.0. The Morgan fingerprint density at radius 1 is 0.672 bits per heavy atom. The molecule has 5 aliphatic rings. The van der Waals surface area contributed by atoms with Gasteiger partial charge in [-0.2, -0.15) is 0 Å². The van der Waals surface area contributed by atoms with E-state index in [-0.39, 0.29) is 36.7 Å². The second kappa shape index (κ2) is 17.4. The van der Waals surface area contributed by atoms with Crippen LogP contribution < -0.4 is 24.3 Å². The molecule has 3 fully saturated rings. The van der Waals surface area contributed by atoms with E-state index in [0.717, 1.165) is 58.0 Å². The van der Waals surface area contributed by atoms with E-state index in [4.69, 9.17) is 18.9 Å². The van der Waals surface area contributed by atoms with Crippen LogP contribution >= 0.6 is 0 Å². The summed E-state index contributed by atoms with van der Waals surface area (Å²) in [4.78, 5) is 30.2. The largest absolute Gasteiger partial charge is 0.493 e. The molecule has 0 aromatic heterocycles. The Bertz CT molecular complexity index is 2200. The van der Waals surface area contributed by atoms with Crippen LogP contribution in [0, 0.1) is 23.5 Å². The van der Waals surface area contributed by atoms with Crippen LogP contribution in [0.15, 0.2) is 96.1 Å². The van der Waals surface area contributed by atoms with Gasteiger partial charge in [-0.1, -0.05) is 24.3 Å². The van der Waals surface area contributed by atoms with E-state index in [1.165, 1.54) is 49.9 Å². The van der Waals surface area contributed by atoms with Gasteiger partial charge < -0.3 is 34.1 Å². The quantitative estimate of drug-likeness (QED) is 0.168. The van der Waals surface area contributed by atoms with Crippen molar-refractivity contribution < 1.29 is 37.3 Å². The number of halogens is 2. The molecule has 0 spiro atoms. The van der Waals surface area contributed by atoms with Crippen molar-refractivity contribution >= 4 is 23.0 Å². The van der Waals surface area contributed by atoms with Gasteiger partial charge >= 0.3 is 0 Å². The van der Waals surface area contributed by atoms with E-state index in [9.17, 15) is 18.4 Å². The number of hydrogen-bond acceptors (Lipinski definition) is 7. The van der Waals surface area contributed by atoms with Gasteiger partial charge in [-0.3, -0.25) is 9.59 Å². The van der Waals surface area contributed by atoms with Crippen LogP contribution in [0.3, 0.4) is 0 Å². The van der Waals surface area contributed by atoms with Crippen LogP contribution in [0.1, 0.15) is 54.9 Å². The lowest BCUT2D eigenvalue weighted by Gasteiger charge is -2.34. The molecule has 0 unspecified atom stereocenters. The predicted octanol–water partition coefficient (Wildman–Crippen LogP) is 7.53. The van der Waals surface area contributed by atoms with Crippen molar-refractivity contribution in [2.75, 3.05) is 66.2 Å². The molecule has 0 radical (unpaired) electrons. The summed E-state index contributed by atoms with van der Waals surface area (Å²) in [5.74, 6) is 3.42. The third kappa shape index (κ3) is 9.20. The molecule has 302 valence electrons. The molecule has 4 aromatic rings. The van der Waals surface area contributed by atoms with E-state index in [0.29, 0.717) is 67.3 Å². The van der Waals surface area contributed by atoms with E-state index < -0.39 is 0 Å². The van der Waals surface area contributed by atoms with Gasteiger partial charge in [-0.15, -0.1) is 0 Å². The first-order valence-electron chi connectivity index (χ1n) is 20.3. The van der Waals surface area contributed by atoms with Crippen molar-refractivity contribution in [2.45, 2.75) is 32.6 Å². The molecular weight excluding hydrogens is 741 g/mol. The summed E-state index contributed by atoms with van der Waals surface area (Å²) >= 11 is 0. The third-order valence-corrected chi connectivity index (χ3v) is 11.1. The van der Waals surface area contributed by atoms with Gasteiger partial charge in [0.2, 0.25) is 0 Å². The number of nitrogens with one attached hydrogen (secondary N) is 1. The highest BCUT2D eigenvalue weighted by atomic mass is 19.1. The molecule has 1 saturated heterocycles. The minimum atomic E-state index is -0.312. The normalized spacial score (nSPS) is 17.6. The van der Waals surface area contributed by atoms with Crippen molar-refractivity contribution in [3.05, 3.63) is 130 Å². The van der Waals surface area contributed by atoms with Crippen LogP contribution in [0.4, 0.5) is 8.78 Å². The Hall–Kier alpha value is -5.68. The zero-order chi connectivity index (χ0) is 40.2. The van der Waals surface area contributed by atoms with Crippen LogP contribution in [-0.2, 0) is 9.59 Å². The van der Waals surface area contributed by atoms with Gasteiger partial charge in [0.15, 0.2) is 0 Å². The summed E-state index contributed by atoms with van der Waals surface area (Å²) in [6.45, 7) is 7.26. The van der Waals surface area contributed by atoms with Crippen LogP contribution in [0.5, 0.6) is 23.0 Å². The maximum atomic E-state index is 13.6. The first-order valence-corrected chi connectivity index (χ1v) is 20.3. The van der Waals surface area contributed by atoms with Gasteiger partial charge in [-0.25, -0.2) is 8.78 Å². The standard InChI is InChI=1S/C25H27FN2O3.C22H22FNO3/c1-27-10-12-28(13-11-27)25(29)22-16-31-23-9-8-20(30-15-17-2-3-17)14-21(23)24(22)18-4-6-19(26)7-5-18;1-2-24-22(25)19-13-27-20-10-9-17(26-12-14-3-4-14)11-18(20)21(19)15-5-7-16(23)8-6-15/h4-9,14,17H,2-3,10-13,15-16H2,1H3;5-11,14H,2-4,12-13H2,1H3,(H,24,25). The smallest absolute Gasteiger partial charge is 0.253 e. The second-order valence-corrected chi connectivity index (χ2v) is 15.6. The summed E-state index contributed by atoms with van der Waals surface area (Å²) in [6, 6.07) is 24.0. The molecule has 1 N–H and O–H groups in total. The number of nitrogens with zero attached hydrogens (tertiary/aromatic N) is 2. The fourth-order valence-electron chi connectivity index (χ4n) is 7.31. The third-order valence-electron chi connectivity index (χ3n) is 11.1. The van der Waals surface area contributed by atoms with Gasteiger partial charge in [-0.05, 0) is 123 Å². The van der Waals surface area contributed by atoms with E-state index in [1.54, 1.807) is 24.3 Å². The Morgan fingerprint density at radius 3 is 1.60 bits per heavy atom. The van der Waals surface area contributed by atoms with Crippen molar-refractivity contribution in [1.82, 2.24) is 15.1 Å². The van der Waals surface area contributed by atoms with E-state index in [1.807, 2.05) is 48.2 Å². The first-order chi connectivity index (χ1) is 28.2. The lowest BCUT2D eigenvalue weighted by molar-refractivity contribution is -0.129. The molecule has 3 aliphatic heterocycles. The maximum absolute atomic E-state index is 13.6. The molecule has 11 heteroatoms. The molecular formula is C47H49F2N3O6. The number of ether oxygens (including phenoxy) is 4. The van der Waals surface area contributed by atoms with Crippen LogP contribution in [-0.4, -0.2) is 87.8 Å². The number of carbonyl (C=O) groups is 2. The van der Waals surface area contributed by atoms with Crippen LogP contribution in [0.2, 0.25) is 0 Å². The highest BCUT2D eigenvalue weighted by Gasteiger charge is 2.32. The molecule has 2 amide bonds. The molecule has 2 saturated carbocycles. The molecule has 0 bridgehead atoms. The SMILES string of the molecule is CCNC(=O)C1=C(c2ccc(F)cc2)c2cc(OCC3CC3)ccc2OC1.CN1CCN(C(=O)C2=C(c3ccc(F)cc3)c3cc(OCC4CC4)ccc3OC2)CC1. The molecule has 9 nitrogen and oxygen atoms in total. The maximum Gasteiger partial charge on any atom is 0.253 e. The fraction of sp³-hybridized carbons (Fsp3) is 0.362. The number of amides is 2. The summed E-state index contributed by atoms with van der Waals surface area (Å²) in [5.41, 5.74) is 5.93. The molecule has 4 aromatic carbocycles. The Labute approximate surface area is 338 Å². The lowest BCUT2D eigenvalue weighted by atomic mass is 9.90. The average molecular weight is 790 g/mol. The highest BCUT2D eigenvalue weighted by Crippen LogP contribution is 2.42. The number of likely N-dealkylation sites (N-methyl/N-ethyl adjacent to an activating group) is 2. The van der Waals surface area contributed by atoms with Gasteiger partial charge in [0.05, 0.1) is 24.4 Å². The van der Waals surface area contributed by atoms with Gasteiger partial charge in [0.1, 0.15) is 47.8 Å². The number of fused-ring (bicyclic) bond motifs is 2. The predicted molar refractivity (Wildman–Crippen MR) is 218 cm³/mol. The van der Waals surface area contributed by atoms with E-state index in [2.05, 4.69) is 17.3 Å². The summed E-state index contributed by atoms with van der Waals surface area (Å²) < 4.78 is 50.8. The zero-order valence-corrected chi connectivity index (χ0v) is 33.0. The second-order valence-electron chi connectivity index (χ2n) is 15.6. The highest BCUT2D eigenvalue weighted by molar-refractivity contribution is 6.07. The lowest BCUT2D eigenvalue weighted by Crippen LogP contribution is -2.48. The number of carbonyl (C=O) groups excluding carboxylic acids is 2. The Kier molecular flexibility index (Phi) is 11.8. The van der Waals surface area contributed by atoms with Crippen molar-refractivity contribution in [3.8, 4) is 23.0 Å². The molecule has 3 heterocycles. The number of hydrogen-bond donors (Lipinski definition) is 1. The Morgan fingerprint density at radius 2 is 1.14 bits per heavy atom. The minimum absolute atomic E-state index is 0.0117. The number of rotatable bonds is 11. The first kappa shape index (κ1) is 39.2. The summed E-state index contributed by atoms with van der Waals surface area (Å²) in [6.07, 6.45) is 4.88. The minimum Gasteiger partial charge on any atom is -0.493 e. The van der Waals surface area contributed by atoms with Crippen LogP contribution in [0.25, 0.3) is 11.1 Å². The van der Waals surface area contributed by atoms with Crippen molar-refractivity contribution in [3.63, 3.8) is 0 Å². The monoisotopic (exact) mass is 789 g/mol. The van der Waals surface area contributed by atoms with Crippen molar-refractivity contribution in [1.29, 1.82) is 0 Å². The average Bonchev–Trinajstić information content (AvgIpc) is 4.19.